The molecule has 11 rings (SSSR count). The zero-order valence-corrected chi connectivity index (χ0v) is 67.9. The predicted octanol–water partition coefficient (Wildman–Crippen LogP) is 16.5. The number of methoxy groups -OCH3 is 1. The number of carbonyl (C=O) groups excluding carboxylic acids is 1. The van der Waals surface area contributed by atoms with Crippen molar-refractivity contribution >= 4 is 33.1 Å². The van der Waals surface area contributed by atoms with Crippen LogP contribution in [0.2, 0.25) is 0 Å². The standard InChI is InChI=1S/C84H97N9O7S.2Zn/c1-8-9-19-47-92-77-38-30-62(2)51-75(77)83(3,4)79(92)40-33-65-24-23-25-66(34-41-80-84(5,6)76-55-73(98-7)37-39-78(76)93(80)48-20-22-50-101(95,96)97)81(65)100-72-35-31-67(32-36-72)82(94)89-46-18-21-49-99-74-53-63(56-90(58-68-26-10-14-42-85-68)59-69-27-11-15-43-86-69)52-64(54-74)57-91(60-70-28-12-16-44-87-70)61-71-29-13-17-45-88-71;;/h10-17,26-45,51-55H,8-9,18-25,46-50,56-61H2,1-7H3,(H-,89,94,95,96,97);;/q;2*+2/p+1. The minimum absolute atomic E-state index is 0. The Morgan fingerprint density at radius 1 is 0.631 bits per heavy atom. The number of nitrogens with one attached hydrogen (secondary N) is 1. The summed E-state index contributed by atoms with van der Waals surface area (Å²) in [6.45, 7) is 19.7. The maximum atomic E-state index is 13.9. The molecule has 16 nitrogen and oxygen atoms in total. The van der Waals surface area contributed by atoms with Gasteiger partial charge in [-0.25, -0.2) is 0 Å². The third-order valence-corrected chi connectivity index (χ3v) is 20.1. The molecule has 6 heterocycles. The maximum absolute atomic E-state index is 13.9. The van der Waals surface area contributed by atoms with Crippen molar-refractivity contribution in [1.29, 1.82) is 0 Å². The van der Waals surface area contributed by atoms with Crippen LogP contribution in [0.25, 0.3) is 0 Å². The largest absolute Gasteiger partial charge is 2.00 e. The van der Waals surface area contributed by atoms with Gasteiger partial charge in [0.2, 0.25) is 5.69 Å². The number of aromatic nitrogens is 4. The van der Waals surface area contributed by atoms with Gasteiger partial charge >= 0.3 is 39.0 Å². The first-order valence-electron chi connectivity index (χ1n) is 35.8. The molecule has 0 saturated carbocycles. The second-order valence-corrected chi connectivity index (χ2v) is 29.4. The molecule has 0 radical (unpaired) electrons. The Balaban J connectivity index is 0.00000616. The quantitative estimate of drug-likeness (QED) is 0.0169. The molecule has 1 amide bonds. The van der Waals surface area contributed by atoms with E-state index in [1.807, 2.05) is 104 Å². The van der Waals surface area contributed by atoms with E-state index in [-0.39, 0.29) is 56.0 Å². The third-order valence-electron chi connectivity index (χ3n) is 19.3. The fraction of sp³-hybridized carbons (Fsp3) is 0.357. The van der Waals surface area contributed by atoms with Gasteiger partial charge in [0.25, 0.3) is 16.0 Å². The smallest absolute Gasteiger partial charge is 0.497 e. The zero-order chi connectivity index (χ0) is 70.8. The molecule has 19 heteroatoms. The van der Waals surface area contributed by atoms with Crippen molar-refractivity contribution in [3.05, 3.63) is 280 Å². The Bertz CT molecular complexity index is 4210. The molecule has 3 aliphatic rings. The number of nitrogens with zero attached hydrogens (tertiary/aromatic N) is 8. The first-order valence-corrected chi connectivity index (χ1v) is 37.4. The van der Waals surface area contributed by atoms with Crippen molar-refractivity contribution in [2.45, 2.75) is 156 Å². The summed E-state index contributed by atoms with van der Waals surface area (Å²) in [5.74, 6) is 2.49. The number of ether oxygens (including phenoxy) is 3. The average molecular weight is 1510 g/mol. The van der Waals surface area contributed by atoms with E-state index in [9.17, 15) is 17.8 Å². The number of carbonyl (C=O) groups is 1. The van der Waals surface area contributed by atoms with Crippen molar-refractivity contribution in [2.24, 2.45) is 0 Å². The van der Waals surface area contributed by atoms with E-state index in [1.165, 1.54) is 22.5 Å². The molecule has 103 heavy (non-hydrogen) atoms. The SMILES string of the molecule is CCCCCN1C(=CC=C2CCCC(C=CC3=[N+](CCCCS(=O)(=O)O)c4ccc(OC)cc4C3(C)C)=C2Oc2ccc(C(=O)NCCCCOc3cc(CN(Cc4ccccn4)Cc4ccccn4)cc(CN(Cc4ccccn4)Cc4ccccn4)c3)cc2)C(C)(C)c2cc(C)ccc21.[Zn+2].[Zn+2]. The first kappa shape index (κ1) is 79.0. The first-order chi connectivity index (χ1) is 48.9. The molecule has 0 fully saturated rings. The molecule has 0 spiro atoms. The molecule has 526 valence electrons. The molecule has 0 unspecified atom stereocenters. The van der Waals surface area contributed by atoms with Crippen LogP contribution in [0.5, 0.6) is 17.2 Å². The van der Waals surface area contributed by atoms with Gasteiger partial charge in [0, 0.05) is 124 Å². The summed E-state index contributed by atoms with van der Waals surface area (Å²) in [4.78, 5) is 39.9. The molecule has 0 atom stereocenters. The Kier molecular flexibility index (Phi) is 28.8. The van der Waals surface area contributed by atoms with E-state index < -0.39 is 15.5 Å². The monoisotopic (exact) mass is 1500 g/mol. The summed E-state index contributed by atoms with van der Waals surface area (Å²) >= 11 is 0. The van der Waals surface area contributed by atoms with Crippen molar-refractivity contribution in [1.82, 2.24) is 35.1 Å². The number of aryl methyl sites for hydroxylation is 1. The van der Waals surface area contributed by atoms with Crippen molar-refractivity contribution in [2.75, 3.05) is 44.0 Å². The Morgan fingerprint density at radius 3 is 1.80 bits per heavy atom. The van der Waals surface area contributed by atoms with E-state index in [2.05, 4.69) is 183 Å². The zero-order valence-electron chi connectivity index (χ0n) is 61.2. The van der Waals surface area contributed by atoms with Crippen molar-refractivity contribution in [3.63, 3.8) is 0 Å². The molecule has 8 aromatic rings. The molecule has 2 aliphatic heterocycles. The number of unbranched alkanes of at least 4 members (excludes halogenated alkanes) is 4. The molecular weight excluding hydrogens is 1410 g/mol. The second kappa shape index (κ2) is 37.5. The molecule has 4 aromatic carbocycles. The number of anilines is 1. The Morgan fingerprint density at radius 2 is 1.23 bits per heavy atom. The van der Waals surface area contributed by atoms with Gasteiger partial charge in [-0.05, 0) is 209 Å². The molecule has 4 aromatic heterocycles. The summed E-state index contributed by atoms with van der Waals surface area (Å²) in [6, 6.07) is 51.1. The van der Waals surface area contributed by atoms with Gasteiger partial charge in [-0.2, -0.15) is 13.0 Å². The van der Waals surface area contributed by atoms with Crippen LogP contribution in [-0.4, -0.2) is 98.0 Å². The number of rotatable bonds is 34. The molecule has 0 bridgehead atoms. The molecule has 0 saturated heterocycles. The van der Waals surface area contributed by atoms with Crippen molar-refractivity contribution in [3.8, 4) is 17.2 Å². The Hall–Kier alpha value is -8.14. The van der Waals surface area contributed by atoms with Gasteiger partial charge in [-0.15, -0.1) is 0 Å². The minimum Gasteiger partial charge on any atom is -0.497 e. The summed E-state index contributed by atoms with van der Waals surface area (Å²) in [5.41, 5.74) is 16.4. The topological polar surface area (TPSA) is 175 Å². The van der Waals surface area contributed by atoms with Crippen LogP contribution in [0.1, 0.15) is 160 Å². The fourth-order valence-electron chi connectivity index (χ4n) is 14.1. The number of amides is 1. The normalized spacial score (nSPS) is 15.4. The molecule has 1 aliphatic carbocycles. The summed E-state index contributed by atoms with van der Waals surface area (Å²) in [7, 11) is -2.42. The van der Waals surface area contributed by atoms with Crippen LogP contribution >= 0.6 is 0 Å². The third kappa shape index (κ3) is 21.5. The van der Waals surface area contributed by atoms with Gasteiger partial charge < -0.3 is 24.4 Å². The molecular formula is C84H98N9O7SZn2+5. The van der Waals surface area contributed by atoms with Crippen LogP contribution in [0, 0.1) is 6.92 Å². The van der Waals surface area contributed by atoms with Gasteiger partial charge in [0.15, 0.2) is 5.71 Å². The van der Waals surface area contributed by atoms with Gasteiger partial charge in [-0.1, -0.05) is 87.7 Å². The summed E-state index contributed by atoms with van der Waals surface area (Å²) < 4.78 is 54.9. The van der Waals surface area contributed by atoms with Gasteiger partial charge in [0.05, 0.1) is 47.7 Å². The molecule has 2 N–H and O–H groups in total. The predicted molar refractivity (Wildman–Crippen MR) is 402 cm³/mol. The Labute approximate surface area is 635 Å². The van der Waals surface area contributed by atoms with E-state index >= 15 is 0 Å². The van der Waals surface area contributed by atoms with E-state index in [1.54, 1.807) is 7.11 Å². The average Bonchev–Trinajstić information content (AvgIpc) is 1.60. The van der Waals surface area contributed by atoms with Crippen LogP contribution < -0.4 is 24.4 Å². The summed E-state index contributed by atoms with van der Waals surface area (Å²) in [6.07, 6.45) is 24.6. The van der Waals surface area contributed by atoms with Crippen LogP contribution in [0.15, 0.2) is 223 Å². The number of hydrogen-bond acceptors (Lipinski definition) is 13. The minimum atomic E-state index is -4.10. The number of fused-ring (bicyclic) bond motifs is 2. The summed E-state index contributed by atoms with van der Waals surface area (Å²) in [5, 5.41) is 3.17. The van der Waals surface area contributed by atoms with E-state index in [0.717, 1.165) is 131 Å². The number of benzene rings is 4. The van der Waals surface area contributed by atoms with Gasteiger partial charge in [-0.3, -0.25) is 39.1 Å². The number of pyridine rings is 4. The number of allylic oxidation sites excluding steroid dienone is 7. The fourth-order valence-corrected chi connectivity index (χ4v) is 14.6. The van der Waals surface area contributed by atoms with Crippen molar-refractivity contribution < 1.29 is 75.5 Å². The van der Waals surface area contributed by atoms with Crippen LogP contribution in [0.4, 0.5) is 11.4 Å². The van der Waals surface area contributed by atoms with Crippen LogP contribution in [-0.2, 0) is 99.2 Å². The van der Waals surface area contributed by atoms with Gasteiger partial charge in [0.1, 0.15) is 29.6 Å². The number of hydrogen-bond donors (Lipinski definition) is 2. The van der Waals surface area contributed by atoms with Crippen LogP contribution in [0.3, 0.4) is 0 Å². The van der Waals surface area contributed by atoms with E-state index in [0.29, 0.717) is 89.5 Å². The van der Waals surface area contributed by atoms with E-state index in [4.69, 9.17) is 14.2 Å². The second-order valence-electron chi connectivity index (χ2n) is 27.8. The maximum Gasteiger partial charge on any atom is 2.00 e.